The first-order valence-corrected chi connectivity index (χ1v) is 9.07. The molecule has 2 aliphatic heterocycles. The van der Waals surface area contributed by atoms with Crippen LogP contribution in [0.4, 0.5) is 11.4 Å². The minimum Gasteiger partial charge on any atom is -0.381 e. The van der Waals surface area contributed by atoms with Gasteiger partial charge in [-0.3, -0.25) is 4.79 Å². The highest BCUT2D eigenvalue weighted by Gasteiger charge is 2.38. The lowest BCUT2D eigenvalue weighted by atomic mass is 9.79. The van der Waals surface area contributed by atoms with Gasteiger partial charge in [0, 0.05) is 44.2 Å². The highest BCUT2D eigenvalue weighted by atomic mass is 16.5. The van der Waals surface area contributed by atoms with Gasteiger partial charge in [0.05, 0.1) is 5.41 Å². The summed E-state index contributed by atoms with van der Waals surface area (Å²) < 4.78 is 5.39. The molecule has 2 fully saturated rings. The van der Waals surface area contributed by atoms with Crippen LogP contribution in [0.1, 0.15) is 32.6 Å². The van der Waals surface area contributed by atoms with Crippen LogP contribution in [0.5, 0.6) is 0 Å². The third kappa shape index (κ3) is 3.73. The van der Waals surface area contributed by atoms with E-state index in [-0.39, 0.29) is 5.91 Å². The van der Waals surface area contributed by atoms with Gasteiger partial charge in [-0.15, -0.1) is 0 Å². The Morgan fingerprint density at radius 3 is 2.71 bits per heavy atom. The molecular formula is C19H29N3O2. The van der Waals surface area contributed by atoms with E-state index in [0.29, 0.717) is 32.6 Å². The molecule has 132 valence electrons. The van der Waals surface area contributed by atoms with E-state index in [1.54, 1.807) is 0 Å². The molecule has 0 aliphatic carbocycles. The highest BCUT2D eigenvalue weighted by molar-refractivity contribution is 5.96. The molecule has 2 heterocycles. The quantitative estimate of drug-likeness (QED) is 0.890. The number of carbonyl (C=O) groups excluding carboxylic acids is 1. The topological polar surface area (TPSA) is 67.6 Å². The van der Waals surface area contributed by atoms with Crippen LogP contribution in [0.25, 0.3) is 0 Å². The molecule has 5 heteroatoms. The number of rotatable bonds is 4. The van der Waals surface area contributed by atoms with Crippen molar-refractivity contribution in [1.82, 2.24) is 0 Å². The normalized spacial score (nSPS) is 21.5. The number of nitrogens with two attached hydrogens (primary N) is 1. The Labute approximate surface area is 144 Å². The first-order chi connectivity index (χ1) is 11.6. The zero-order valence-electron chi connectivity index (χ0n) is 14.6. The molecule has 0 saturated carbocycles. The molecule has 0 bridgehead atoms. The number of carbonyl (C=O) groups is 1. The predicted molar refractivity (Wildman–Crippen MR) is 97.2 cm³/mol. The molecule has 1 amide bonds. The molecule has 0 atom stereocenters. The summed E-state index contributed by atoms with van der Waals surface area (Å²) in [5, 5.41) is 3.09. The van der Waals surface area contributed by atoms with Crippen LogP contribution in [-0.4, -0.2) is 38.8 Å². The van der Waals surface area contributed by atoms with Gasteiger partial charge in [-0.1, -0.05) is 13.0 Å². The number of hydrogen-bond acceptors (Lipinski definition) is 4. The van der Waals surface area contributed by atoms with Crippen molar-refractivity contribution in [2.75, 3.05) is 43.1 Å². The van der Waals surface area contributed by atoms with E-state index >= 15 is 0 Å². The van der Waals surface area contributed by atoms with E-state index in [1.807, 2.05) is 12.1 Å². The summed E-state index contributed by atoms with van der Waals surface area (Å²) in [5.41, 5.74) is 7.48. The maximum atomic E-state index is 12.8. The second-order valence-corrected chi connectivity index (χ2v) is 7.27. The lowest BCUT2D eigenvalue weighted by Gasteiger charge is -2.35. The van der Waals surface area contributed by atoms with Gasteiger partial charge in [0.2, 0.25) is 5.91 Å². The van der Waals surface area contributed by atoms with Gasteiger partial charge < -0.3 is 20.7 Å². The number of hydrogen-bond donors (Lipinski definition) is 2. The lowest BCUT2D eigenvalue weighted by molar-refractivity contribution is -0.130. The van der Waals surface area contributed by atoms with Gasteiger partial charge >= 0.3 is 0 Å². The number of piperidine rings is 1. The third-order valence-electron chi connectivity index (χ3n) is 5.58. The molecule has 3 N–H and O–H groups in total. The van der Waals surface area contributed by atoms with Crippen molar-refractivity contribution in [3.05, 3.63) is 24.3 Å². The van der Waals surface area contributed by atoms with Crippen molar-refractivity contribution in [3.8, 4) is 0 Å². The summed E-state index contributed by atoms with van der Waals surface area (Å²) in [6.45, 7) is 6.07. The molecule has 24 heavy (non-hydrogen) atoms. The molecule has 1 aromatic rings. The summed E-state index contributed by atoms with van der Waals surface area (Å²) in [6.07, 6.45) is 3.85. The van der Waals surface area contributed by atoms with Gasteiger partial charge in [-0.2, -0.15) is 0 Å². The fraction of sp³-hybridized carbons (Fsp3) is 0.632. The molecule has 0 radical (unpaired) electrons. The minimum absolute atomic E-state index is 0.0257. The zero-order valence-corrected chi connectivity index (χ0v) is 14.6. The van der Waals surface area contributed by atoms with Crippen molar-refractivity contribution in [2.24, 2.45) is 17.1 Å². The van der Waals surface area contributed by atoms with Crippen LogP contribution >= 0.6 is 0 Å². The largest absolute Gasteiger partial charge is 0.381 e. The molecule has 0 aromatic heterocycles. The molecule has 0 spiro atoms. The number of amides is 1. The van der Waals surface area contributed by atoms with Crippen molar-refractivity contribution in [2.45, 2.75) is 32.6 Å². The van der Waals surface area contributed by atoms with E-state index in [9.17, 15) is 4.79 Å². The standard InChI is InChI=1S/C19H29N3O2/c1-15-5-9-22(10-6-15)17-4-2-3-16(13-17)21-18(23)19(14-20)7-11-24-12-8-19/h2-4,13,15H,5-12,14,20H2,1H3,(H,21,23). The van der Waals surface area contributed by atoms with Crippen LogP contribution < -0.4 is 16.0 Å². The predicted octanol–water partition coefficient (Wildman–Crippen LogP) is 2.62. The van der Waals surface area contributed by atoms with E-state index < -0.39 is 5.41 Å². The van der Waals surface area contributed by atoms with Crippen LogP contribution in [-0.2, 0) is 9.53 Å². The maximum absolute atomic E-state index is 12.8. The number of nitrogens with one attached hydrogen (secondary N) is 1. The van der Waals surface area contributed by atoms with Crippen LogP contribution in [0.2, 0.25) is 0 Å². The summed E-state index contributed by atoms with van der Waals surface area (Å²) in [4.78, 5) is 15.2. The zero-order chi connectivity index (χ0) is 17.0. The van der Waals surface area contributed by atoms with Crippen LogP contribution in [0, 0.1) is 11.3 Å². The van der Waals surface area contributed by atoms with Crippen molar-refractivity contribution in [3.63, 3.8) is 0 Å². The Kier molecular flexibility index (Phi) is 5.41. The number of anilines is 2. The van der Waals surface area contributed by atoms with E-state index in [0.717, 1.165) is 24.7 Å². The average Bonchev–Trinajstić information content (AvgIpc) is 2.63. The van der Waals surface area contributed by atoms with Gasteiger partial charge in [0.15, 0.2) is 0 Å². The highest BCUT2D eigenvalue weighted by Crippen LogP contribution is 2.32. The number of ether oxygens (including phenoxy) is 1. The van der Waals surface area contributed by atoms with Crippen LogP contribution in [0.3, 0.4) is 0 Å². The van der Waals surface area contributed by atoms with Gasteiger partial charge in [-0.05, 0) is 49.8 Å². The maximum Gasteiger partial charge on any atom is 0.232 e. The molecule has 3 rings (SSSR count). The van der Waals surface area contributed by atoms with Gasteiger partial charge in [-0.25, -0.2) is 0 Å². The Morgan fingerprint density at radius 2 is 2.04 bits per heavy atom. The fourth-order valence-electron chi connectivity index (χ4n) is 3.60. The summed E-state index contributed by atoms with van der Waals surface area (Å²) in [6, 6.07) is 8.18. The third-order valence-corrected chi connectivity index (χ3v) is 5.58. The van der Waals surface area contributed by atoms with Crippen molar-refractivity contribution < 1.29 is 9.53 Å². The Morgan fingerprint density at radius 1 is 1.33 bits per heavy atom. The van der Waals surface area contributed by atoms with Gasteiger partial charge in [0.1, 0.15) is 0 Å². The molecule has 1 aromatic carbocycles. The lowest BCUT2D eigenvalue weighted by Crippen LogP contribution is -2.46. The summed E-state index contributed by atoms with van der Waals surface area (Å²) in [7, 11) is 0. The Bertz CT molecular complexity index is 561. The van der Waals surface area contributed by atoms with E-state index in [1.165, 1.54) is 18.5 Å². The van der Waals surface area contributed by atoms with E-state index in [2.05, 4.69) is 29.3 Å². The van der Waals surface area contributed by atoms with Crippen molar-refractivity contribution >= 4 is 17.3 Å². The molecule has 0 unspecified atom stereocenters. The fourth-order valence-corrected chi connectivity index (χ4v) is 3.60. The van der Waals surface area contributed by atoms with Gasteiger partial charge in [0.25, 0.3) is 0 Å². The first kappa shape index (κ1) is 17.2. The summed E-state index contributed by atoms with van der Waals surface area (Å²) >= 11 is 0. The second-order valence-electron chi connectivity index (χ2n) is 7.27. The monoisotopic (exact) mass is 331 g/mol. The molecule has 5 nitrogen and oxygen atoms in total. The first-order valence-electron chi connectivity index (χ1n) is 9.07. The molecular weight excluding hydrogens is 302 g/mol. The van der Waals surface area contributed by atoms with E-state index in [4.69, 9.17) is 10.5 Å². The van der Waals surface area contributed by atoms with Crippen molar-refractivity contribution in [1.29, 1.82) is 0 Å². The number of benzene rings is 1. The Hall–Kier alpha value is -1.59. The number of nitrogens with zero attached hydrogens (tertiary/aromatic N) is 1. The van der Waals surface area contributed by atoms with Crippen LogP contribution in [0.15, 0.2) is 24.3 Å². The summed E-state index contributed by atoms with van der Waals surface area (Å²) in [5.74, 6) is 0.833. The average molecular weight is 331 g/mol. The molecule has 2 aliphatic rings. The SMILES string of the molecule is CC1CCN(c2cccc(NC(=O)C3(CN)CCOCC3)c2)CC1. The smallest absolute Gasteiger partial charge is 0.232 e. The molecule has 2 saturated heterocycles. The Balaban J connectivity index is 1.69. The second kappa shape index (κ2) is 7.53. The minimum atomic E-state index is -0.491.